The second-order valence-electron chi connectivity index (χ2n) is 6.38. The van der Waals surface area contributed by atoms with Crippen molar-refractivity contribution in [1.82, 2.24) is 18.9 Å². The highest BCUT2D eigenvalue weighted by molar-refractivity contribution is 7.86. The van der Waals surface area contributed by atoms with E-state index in [1.807, 2.05) is 30.3 Å². The summed E-state index contributed by atoms with van der Waals surface area (Å²) in [4.78, 5) is 17.4. The summed E-state index contributed by atoms with van der Waals surface area (Å²) in [6.07, 6.45) is 1.29. The SMILES string of the molecule is CN(C)S(=O)(=O)N1CCc2nc(NC(=O)NCCc3ccccc3)sc2C1. The predicted molar refractivity (Wildman–Crippen MR) is 106 cm³/mol. The molecule has 0 radical (unpaired) electrons. The van der Waals surface area contributed by atoms with Crippen LogP contribution in [0, 0.1) is 0 Å². The number of hydrogen-bond donors (Lipinski definition) is 2. The first-order chi connectivity index (χ1) is 12.9. The zero-order valence-electron chi connectivity index (χ0n) is 15.3. The molecule has 2 N–H and O–H groups in total. The first-order valence-electron chi connectivity index (χ1n) is 8.61. The number of aromatic nitrogens is 1. The molecule has 0 unspecified atom stereocenters. The number of fused-ring (bicyclic) bond motifs is 1. The van der Waals surface area contributed by atoms with E-state index in [4.69, 9.17) is 0 Å². The number of nitrogens with one attached hydrogen (secondary N) is 2. The van der Waals surface area contributed by atoms with Gasteiger partial charge in [0.25, 0.3) is 10.2 Å². The van der Waals surface area contributed by atoms with Crippen molar-refractivity contribution in [2.45, 2.75) is 19.4 Å². The second-order valence-corrected chi connectivity index (χ2v) is 9.61. The van der Waals surface area contributed by atoms with Crippen molar-refractivity contribution in [3.05, 3.63) is 46.5 Å². The van der Waals surface area contributed by atoms with Crippen LogP contribution in [-0.4, -0.2) is 55.2 Å². The van der Waals surface area contributed by atoms with Crippen LogP contribution in [0.2, 0.25) is 0 Å². The molecule has 0 spiro atoms. The van der Waals surface area contributed by atoms with Gasteiger partial charge in [-0.2, -0.15) is 17.0 Å². The minimum atomic E-state index is -3.45. The van der Waals surface area contributed by atoms with E-state index in [9.17, 15) is 13.2 Å². The van der Waals surface area contributed by atoms with Crippen LogP contribution in [0.4, 0.5) is 9.93 Å². The minimum absolute atomic E-state index is 0.283. The van der Waals surface area contributed by atoms with Crippen molar-refractivity contribution in [2.75, 3.05) is 32.5 Å². The molecule has 0 bridgehead atoms. The highest BCUT2D eigenvalue weighted by Crippen LogP contribution is 2.29. The summed E-state index contributed by atoms with van der Waals surface area (Å²) in [5, 5.41) is 6.04. The van der Waals surface area contributed by atoms with Crippen LogP contribution in [0.15, 0.2) is 30.3 Å². The fourth-order valence-corrected chi connectivity index (χ4v) is 4.94. The molecule has 1 aliphatic heterocycles. The molecule has 2 heterocycles. The number of carbonyl (C=O) groups excluding carboxylic acids is 1. The molecule has 10 heteroatoms. The molecule has 2 aromatic rings. The number of carbonyl (C=O) groups is 1. The van der Waals surface area contributed by atoms with Gasteiger partial charge < -0.3 is 5.32 Å². The van der Waals surface area contributed by atoms with Gasteiger partial charge in [-0.3, -0.25) is 5.32 Å². The summed E-state index contributed by atoms with van der Waals surface area (Å²) in [7, 11) is -0.413. The van der Waals surface area contributed by atoms with Gasteiger partial charge in [-0.1, -0.05) is 41.7 Å². The van der Waals surface area contributed by atoms with E-state index in [2.05, 4.69) is 15.6 Å². The summed E-state index contributed by atoms with van der Waals surface area (Å²) in [6, 6.07) is 9.61. The molecule has 0 atom stereocenters. The number of amides is 2. The molecule has 27 heavy (non-hydrogen) atoms. The van der Waals surface area contributed by atoms with E-state index in [1.54, 1.807) is 0 Å². The molecule has 1 aromatic heterocycles. The molecular weight excluding hydrogens is 386 g/mol. The normalized spacial score (nSPS) is 14.8. The van der Waals surface area contributed by atoms with Crippen molar-refractivity contribution < 1.29 is 13.2 Å². The highest BCUT2D eigenvalue weighted by Gasteiger charge is 2.30. The van der Waals surface area contributed by atoms with Crippen molar-refractivity contribution in [3.8, 4) is 0 Å². The van der Waals surface area contributed by atoms with Crippen LogP contribution in [-0.2, 0) is 29.6 Å². The van der Waals surface area contributed by atoms with Crippen LogP contribution in [0.5, 0.6) is 0 Å². The lowest BCUT2D eigenvalue weighted by Crippen LogP contribution is -2.42. The van der Waals surface area contributed by atoms with Crippen molar-refractivity contribution in [2.24, 2.45) is 0 Å². The third-order valence-corrected chi connectivity index (χ3v) is 7.13. The van der Waals surface area contributed by atoms with Crippen molar-refractivity contribution in [3.63, 3.8) is 0 Å². The molecule has 0 saturated carbocycles. The van der Waals surface area contributed by atoms with Gasteiger partial charge in [0.05, 0.1) is 12.2 Å². The Bertz CT molecular complexity index is 897. The Hall–Kier alpha value is -2.01. The molecule has 1 aromatic carbocycles. The van der Waals surface area contributed by atoms with Gasteiger partial charge in [-0.25, -0.2) is 9.78 Å². The Morgan fingerprint density at radius 2 is 2.04 bits per heavy atom. The second kappa shape index (κ2) is 8.34. The van der Waals surface area contributed by atoms with Crippen LogP contribution >= 0.6 is 11.3 Å². The summed E-state index contributed by atoms with van der Waals surface area (Å²) >= 11 is 1.32. The zero-order valence-corrected chi connectivity index (χ0v) is 16.9. The van der Waals surface area contributed by atoms with E-state index < -0.39 is 10.2 Å². The van der Waals surface area contributed by atoms with Gasteiger partial charge in [0.2, 0.25) is 0 Å². The van der Waals surface area contributed by atoms with Crippen LogP contribution in [0.25, 0.3) is 0 Å². The average molecular weight is 410 g/mol. The summed E-state index contributed by atoms with van der Waals surface area (Å²) in [6.45, 7) is 1.20. The Morgan fingerprint density at radius 1 is 1.30 bits per heavy atom. The molecule has 1 aliphatic rings. The molecule has 8 nitrogen and oxygen atoms in total. The molecule has 146 valence electrons. The Morgan fingerprint density at radius 3 is 2.74 bits per heavy atom. The molecule has 3 rings (SSSR count). The Labute approximate surface area is 163 Å². The topological polar surface area (TPSA) is 94.6 Å². The monoisotopic (exact) mass is 409 g/mol. The Balaban J connectivity index is 1.54. The van der Waals surface area contributed by atoms with Gasteiger partial charge in [0.1, 0.15) is 0 Å². The number of anilines is 1. The number of benzene rings is 1. The van der Waals surface area contributed by atoms with Crippen LogP contribution < -0.4 is 10.6 Å². The maximum absolute atomic E-state index is 12.3. The van der Waals surface area contributed by atoms with E-state index in [-0.39, 0.29) is 12.6 Å². The lowest BCUT2D eigenvalue weighted by Gasteiger charge is -2.27. The van der Waals surface area contributed by atoms with Gasteiger partial charge in [0.15, 0.2) is 5.13 Å². The minimum Gasteiger partial charge on any atom is -0.337 e. The van der Waals surface area contributed by atoms with Crippen molar-refractivity contribution in [1.29, 1.82) is 0 Å². The average Bonchev–Trinajstić information content (AvgIpc) is 3.03. The van der Waals surface area contributed by atoms with Crippen molar-refractivity contribution >= 4 is 32.7 Å². The molecule has 0 aliphatic carbocycles. The number of thiazole rings is 1. The molecule has 0 fully saturated rings. The lowest BCUT2D eigenvalue weighted by atomic mass is 10.1. The van der Waals surface area contributed by atoms with E-state index in [1.165, 1.54) is 34.0 Å². The number of urea groups is 1. The smallest absolute Gasteiger partial charge is 0.321 e. The molecule has 2 amide bonds. The summed E-state index contributed by atoms with van der Waals surface area (Å²) in [5.41, 5.74) is 2.01. The van der Waals surface area contributed by atoms with E-state index >= 15 is 0 Å². The maximum atomic E-state index is 12.3. The first kappa shape index (κ1) is 19.7. The fourth-order valence-electron chi connectivity index (χ4n) is 2.76. The quantitative estimate of drug-likeness (QED) is 0.759. The Kier molecular flexibility index (Phi) is 6.10. The maximum Gasteiger partial charge on any atom is 0.321 e. The van der Waals surface area contributed by atoms with Crippen LogP contribution in [0.1, 0.15) is 16.1 Å². The number of hydrogen-bond acceptors (Lipinski definition) is 5. The standard InChI is InChI=1S/C17H23N5O3S2/c1-21(2)27(24,25)22-11-9-14-15(12-22)26-17(19-14)20-16(23)18-10-8-13-6-4-3-5-7-13/h3-7H,8-12H2,1-2H3,(H2,18,19,20,23). The third-order valence-electron chi connectivity index (χ3n) is 4.25. The largest absolute Gasteiger partial charge is 0.337 e. The number of nitrogens with zero attached hydrogens (tertiary/aromatic N) is 3. The fraction of sp³-hybridized carbons (Fsp3) is 0.412. The van der Waals surface area contributed by atoms with E-state index in [0.29, 0.717) is 24.6 Å². The van der Waals surface area contributed by atoms with Gasteiger partial charge in [0, 0.05) is 38.5 Å². The van der Waals surface area contributed by atoms with Gasteiger partial charge in [-0.05, 0) is 12.0 Å². The lowest BCUT2D eigenvalue weighted by molar-refractivity contribution is 0.252. The van der Waals surface area contributed by atoms with E-state index in [0.717, 1.165) is 22.6 Å². The summed E-state index contributed by atoms with van der Waals surface area (Å²) in [5.74, 6) is 0. The zero-order chi connectivity index (χ0) is 19.4. The third kappa shape index (κ3) is 4.83. The number of rotatable bonds is 6. The first-order valence-corrected chi connectivity index (χ1v) is 10.8. The summed E-state index contributed by atoms with van der Waals surface area (Å²) < 4.78 is 27.2. The highest BCUT2D eigenvalue weighted by atomic mass is 32.2. The van der Waals surface area contributed by atoms with Crippen LogP contribution in [0.3, 0.4) is 0 Å². The molecule has 0 saturated heterocycles. The van der Waals surface area contributed by atoms with Gasteiger partial charge >= 0.3 is 6.03 Å². The van der Waals surface area contributed by atoms with Gasteiger partial charge in [-0.15, -0.1) is 0 Å². The predicted octanol–water partition coefficient (Wildman–Crippen LogP) is 1.67. The molecular formula is C17H23N5O3S2.